The second kappa shape index (κ2) is 15.2. The topological polar surface area (TPSA) is 158 Å². The van der Waals surface area contributed by atoms with Crippen molar-refractivity contribution in [1.82, 2.24) is 9.55 Å². The van der Waals surface area contributed by atoms with Crippen molar-refractivity contribution in [3.05, 3.63) is 53.1 Å². The Morgan fingerprint density at radius 1 is 1.05 bits per heavy atom. The lowest BCUT2D eigenvalue weighted by Crippen LogP contribution is -2.42. The Hall–Kier alpha value is -3.91. The number of aromatic nitrogens is 2. The third kappa shape index (κ3) is 9.32. The summed E-state index contributed by atoms with van der Waals surface area (Å²) in [5, 5.41) is 15.0. The van der Waals surface area contributed by atoms with Crippen LogP contribution in [0.15, 0.2) is 47.4 Å². The number of unbranched alkanes of at least 4 members (excludes halogenated alkanes) is 4. The van der Waals surface area contributed by atoms with Gasteiger partial charge in [0.25, 0.3) is 0 Å². The van der Waals surface area contributed by atoms with Crippen LogP contribution in [-0.2, 0) is 23.8 Å². The Labute approximate surface area is 235 Å². The van der Waals surface area contributed by atoms with Gasteiger partial charge in [0.2, 0.25) is 12.1 Å². The predicted molar refractivity (Wildman–Crippen MR) is 142 cm³/mol. The third-order valence-corrected chi connectivity index (χ3v) is 6.20. The molecule has 1 aromatic heterocycles. The van der Waals surface area contributed by atoms with E-state index in [1.165, 1.54) is 0 Å². The fourth-order valence-corrected chi connectivity index (χ4v) is 3.99. The van der Waals surface area contributed by atoms with Gasteiger partial charge in [-0.2, -0.15) is 13.8 Å². The SMILES string of the molecule is CCCCCCCOC(=O)Nc1ccn([C@@H]2O[C@H](COC(=O)CCC(=O)Nc3ccccc3)[C@@H](O)C2(F)F)c(=O)n1. The maximum absolute atomic E-state index is 14.8. The van der Waals surface area contributed by atoms with E-state index in [9.17, 15) is 33.1 Å². The molecule has 2 heterocycles. The van der Waals surface area contributed by atoms with Crippen LogP contribution >= 0.6 is 0 Å². The van der Waals surface area contributed by atoms with Gasteiger partial charge in [-0.15, -0.1) is 0 Å². The van der Waals surface area contributed by atoms with Gasteiger partial charge in [0.15, 0.2) is 6.10 Å². The number of benzene rings is 1. The first kappa shape index (κ1) is 31.6. The van der Waals surface area contributed by atoms with Crippen LogP contribution in [0.2, 0.25) is 0 Å². The van der Waals surface area contributed by atoms with Gasteiger partial charge in [0, 0.05) is 18.3 Å². The van der Waals surface area contributed by atoms with Gasteiger partial charge in [-0.3, -0.25) is 19.5 Å². The van der Waals surface area contributed by atoms with Crippen molar-refractivity contribution < 1.29 is 42.5 Å². The summed E-state index contributed by atoms with van der Waals surface area (Å²) in [4.78, 5) is 51.9. The molecule has 41 heavy (non-hydrogen) atoms. The van der Waals surface area contributed by atoms with Crippen LogP contribution in [0.5, 0.6) is 0 Å². The predicted octanol–water partition coefficient (Wildman–Crippen LogP) is 3.62. The third-order valence-electron chi connectivity index (χ3n) is 6.20. The molecular formula is C27H34F2N4O8. The minimum absolute atomic E-state index is 0.180. The summed E-state index contributed by atoms with van der Waals surface area (Å²) in [5.74, 6) is -5.47. The van der Waals surface area contributed by atoms with Gasteiger partial charge < -0.3 is 24.6 Å². The zero-order chi connectivity index (χ0) is 29.8. The standard InChI is InChI=1S/C27H34F2N4O8/c1-2-3-4-5-9-16-39-26(38)32-20-14-15-33(25(37)31-20)24-27(28,29)23(36)19(41-24)17-40-22(35)13-12-21(34)30-18-10-7-6-8-11-18/h6-8,10-11,14-15,19,23-24,36H,2-5,9,12-13,16-17H2,1H3,(H,30,34)(H,31,32,37,38)/t19-,23-,24-/m1/s1. The minimum Gasteiger partial charge on any atom is -0.463 e. The van der Waals surface area contributed by atoms with E-state index in [1.54, 1.807) is 30.3 Å². The highest BCUT2D eigenvalue weighted by Crippen LogP contribution is 2.42. The fraction of sp³-hybridized carbons (Fsp3) is 0.519. The number of alkyl halides is 2. The van der Waals surface area contributed by atoms with E-state index in [1.807, 2.05) is 0 Å². The van der Waals surface area contributed by atoms with Gasteiger partial charge >= 0.3 is 23.7 Å². The van der Waals surface area contributed by atoms with Crippen LogP contribution in [0.3, 0.4) is 0 Å². The van der Waals surface area contributed by atoms with Gasteiger partial charge in [0.05, 0.1) is 13.0 Å². The zero-order valence-corrected chi connectivity index (χ0v) is 22.6. The number of carbonyl (C=O) groups is 3. The van der Waals surface area contributed by atoms with Crippen molar-refractivity contribution in [2.75, 3.05) is 23.8 Å². The van der Waals surface area contributed by atoms with E-state index in [0.717, 1.165) is 37.9 Å². The van der Waals surface area contributed by atoms with Crippen LogP contribution in [0, 0.1) is 0 Å². The number of aliphatic hydroxyl groups excluding tert-OH is 1. The fourth-order valence-electron chi connectivity index (χ4n) is 3.99. The number of esters is 1. The molecule has 0 saturated carbocycles. The Bertz CT molecular complexity index is 1230. The number of anilines is 2. The summed E-state index contributed by atoms with van der Waals surface area (Å²) in [5.41, 5.74) is -0.635. The van der Waals surface area contributed by atoms with E-state index in [-0.39, 0.29) is 25.3 Å². The highest BCUT2D eigenvalue weighted by atomic mass is 19.3. The summed E-state index contributed by atoms with van der Waals surface area (Å²) in [6, 6.07) is 9.66. The van der Waals surface area contributed by atoms with Crippen molar-refractivity contribution in [3.63, 3.8) is 0 Å². The first-order valence-electron chi connectivity index (χ1n) is 13.4. The summed E-state index contributed by atoms with van der Waals surface area (Å²) >= 11 is 0. The number of aliphatic hydroxyl groups is 1. The Morgan fingerprint density at radius 2 is 1.78 bits per heavy atom. The number of halogens is 2. The van der Waals surface area contributed by atoms with E-state index in [2.05, 4.69) is 22.5 Å². The molecule has 1 aromatic carbocycles. The number of hydrogen-bond acceptors (Lipinski definition) is 9. The molecule has 0 spiro atoms. The van der Waals surface area contributed by atoms with Gasteiger partial charge in [0.1, 0.15) is 18.5 Å². The maximum Gasteiger partial charge on any atom is 0.412 e. The number of para-hydroxylation sites is 1. The van der Waals surface area contributed by atoms with Crippen molar-refractivity contribution in [3.8, 4) is 0 Å². The van der Waals surface area contributed by atoms with Crippen LogP contribution in [0.1, 0.15) is 58.1 Å². The van der Waals surface area contributed by atoms with Gasteiger partial charge in [-0.05, 0) is 24.6 Å². The molecule has 1 aliphatic heterocycles. The first-order valence-corrected chi connectivity index (χ1v) is 13.4. The molecule has 1 aliphatic rings. The zero-order valence-electron chi connectivity index (χ0n) is 22.6. The van der Waals surface area contributed by atoms with Crippen molar-refractivity contribution in [2.45, 2.75) is 76.2 Å². The summed E-state index contributed by atoms with van der Waals surface area (Å²) in [6.45, 7) is 1.53. The average Bonchev–Trinajstić information content (AvgIpc) is 3.16. The maximum atomic E-state index is 14.8. The van der Waals surface area contributed by atoms with Crippen molar-refractivity contribution in [2.24, 2.45) is 0 Å². The molecule has 12 nitrogen and oxygen atoms in total. The van der Waals surface area contributed by atoms with Gasteiger partial charge in [-0.25, -0.2) is 9.59 Å². The Balaban J connectivity index is 1.48. The van der Waals surface area contributed by atoms with E-state index in [4.69, 9.17) is 14.2 Å². The Morgan fingerprint density at radius 3 is 2.49 bits per heavy atom. The molecular weight excluding hydrogens is 546 g/mol. The number of rotatable bonds is 14. The lowest BCUT2D eigenvalue weighted by Gasteiger charge is -2.21. The normalized spacial score (nSPS) is 19.4. The summed E-state index contributed by atoms with van der Waals surface area (Å²) in [7, 11) is 0. The second-order valence-electron chi connectivity index (χ2n) is 9.42. The molecule has 0 aliphatic carbocycles. The van der Waals surface area contributed by atoms with Crippen LogP contribution in [0.25, 0.3) is 0 Å². The first-order chi connectivity index (χ1) is 19.6. The molecule has 3 atom stereocenters. The van der Waals surface area contributed by atoms with Crippen LogP contribution < -0.4 is 16.3 Å². The molecule has 1 saturated heterocycles. The van der Waals surface area contributed by atoms with Crippen LogP contribution in [-0.4, -0.2) is 64.0 Å². The molecule has 224 valence electrons. The number of carbonyl (C=O) groups excluding carboxylic acids is 3. The van der Waals surface area contributed by atoms with E-state index < -0.39 is 54.6 Å². The van der Waals surface area contributed by atoms with E-state index >= 15 is 0 Å². The quantitative estimate of drug-likeness (QED) is 0.224. The van der Waals surface area contributed by atoms with Crippen LogP contribution in [0.4, 0.5) is 25.1 Å². The molecule has 2 aromatic rings. The number of nitrogens with one attached hydrogen (secondary N) is 2. The number of hydrogen-bond donors (Lipinski definition) is 3. The largest absolute Gasteiger partial charge is 0.463 e. The molecule has 1 fully saturated rings. The monoisotopic (exact) mass is 580 g/mol. The molecule has 3 rings (SSSR count). The second-order valence-corrected chi connectivity index (χ2v) is 9.42. The molecule has 2 amide bonds. The van der Waals surface area contributed by atoms with E-state index in [0.29, 0.717) is 16.7 Å². The number of nitrogens with zero attached hydrogens (tertiary/aromatic N) is 2. The lowest BCUT2D eigenvalue weighted by molar-refractivity contribution is -0.151. The van der Waals surface area contributed by atoms with Crippen molar-refractivity contribution >= 4 is 29.5 Å². The summed E-state index contributed by atoms with van der Waals surface area (Å²) < 4.78 is 45.2. The molecule has 0 bridgehead atoms. The molecule has 0 unspecified atom stereocenters. The molecule has 14 heteroatoms. The van der Waals surface area contributed by atoms with Gasteiger partial charge in [-0.1, -0.05) is 50.8 Å². The average molecular weight is 581 g/mol. The highest BCUT2D eigenvalue weighted by Gasteiger charge is 2.60. The molecule has 3 N–H and O–H groups in total. The molecule has 0 radical (unpaired) electrons. The smallest absolute Gasteiger partial charge is 0.412 e. The number of ether oxygens (including phenoxy) is 3. The summed E-state index contributed by atoms with van der Waals surface area (Å²) in [6.07, 6.45) is -1.98. The Kier molecular flexibility index (Phi) is 11.7. The van der Waals surface area contributed by atoms with Crippen molar-refractivity contribution in [1.29, 1.82) is 0 Å². The number of amides is 2. The highest BCUT2D eigenvalue weighted by molar-refractivity contribution is 5.92. The minimum atomic E-state index is -3.94. The lowest BCUT2D eigenvalue weighted by atomic mass is 10.1.